The smallest absolute Gasteiger partial charge is 0.222 e. The van der Waals surface area contributed by atoms with Gasteiger partial charge in [-0.2, -0.15) is 5.10 Å². The molecule has 2 aromatic heterocycles. The molecule has 1 unspecified atom stereocenters. The van der Waals surface area contributed by atoms with Crippen LogP contribution in [0.3, 0.4) is 0 Å². The summed E-state index contributed by atoms with van der Waals surface area (Å²) in [7, 11) is 1.95. The number of nitrogens with two attached hydrogens (primary N) is 1. The first-order valence-electron chi connectivity index (χ1n) is 9.78. The summed E-state index contributed by atoms with van der Waals surface area (Å²) in [5.74, 6) is 0.563. The number of rotatable bonds is 3. The molecule has 1 amide bonds. The fourth-order valence-electron chi connectivity index (χ4n) is 4.87. The summed E-state index contributed by atoms with van der Waals surface area (Å²) >= 11 is 0. The van der Waals surface area contributed by atoms with Crippen molar-refractivity contribution in [2.45, 2.75) is 57.8 Å². The van der Waals surface area contributed by atoms with Crippen LogP contribution in [0.15, 0.2) is 6.20 Å². The Labute approximate surface area is 160 Å². The molecule has 7 heteroatoms. The van der Waals surface area contributed by atoms with Crippen molar-refractivity contribution in [1.29, 1.82) is 0 Å². The van der Waals surface area contributed by atoms with Gasteiger partial charge in [-0.25, -0.2) is 9.97 Å². The van der Waals surface area contributed by atoms with Gasteiger partial charge in [0.15, 0.2) is 0 Å². The molecule has 2 aliphatic rings. The van der Waals surface area contributed by atoms with Gasteiger partial charge in [0.2, 0.25) is 11.9 Å². The highest BCUT2D eigenvalue weighted by Crippen LogP contribution is 2.44. The number of anilines is 1. The summed E-state index contributed by atoms with van der Waals surface area (Å²) in [5, 5.41) is 4.46. The molecule has 144 valence electrons. The summed E-state index contributed by atoms with van der Waals surface area (Å²) in [6.07, 6.45) is 7.24. The average molecular weight is 368 g/mol. The van der Waals surface area contributed by atoms with Gasteiger partial charge in [0.05, 0.1) is 11.4 Å². The number of aromatic nitrogens is 4. The summed E-state index contributed by atoms with van der Waals surface area (Å²) in [6, 6.07) is 0. The van der Waals surface area contributed by atoms with Crippen molar-refractivity contribution in [2.75, 3.05) is 18.8 Å². The maximum Gasteiger partial charge on any atom is 0.222 e. The molecule has 1 aliphatic carbocycles. The van der Waals surface area contributed by atoms with E-state index in [2.05, 4.69) is 22.0 Å². The Morgan fingerprint density at radius 3 is 2.89 bits per heavy atom. The zero-order chi connectivity index (χ0) is 19.2. The first kappa shape index (κ1) is 17.9. The molecule has 3 heterocycles. The second-order valence-corrected chi connectivity index (χ2v) is 8.07. The second-order valence-electron chi connectivity index (χ2n) is 8.07. The predicted octanol–water partition coefficient (Wildman–Crippen LogP) is 1.85. The van der Waals surface area contributed by atoms with Crippen molar-refractivity contribution in [3.05, 3.63) is 34.4 Å². The van der Waals surface area contributed by atoms with Crippen molar-refractivity contribution in [2.24, 2.45) is 7.05 Å². The SMILES string of the molecule is Cc1nn(C)c(C)c1CCC(=O)N1CCCC2(CCc3cnc(N)nc32)C1. The summed E-state index contributed by atoms with van der Waals surface area (Å²) in [5.41, 5.74) is 11.4. The van der Waals surface area contributed by atoms with Crippen LogP contribution in [-0.4, -0.2) is 43.6 Å². The van der Waals surface area contributed by atoms with Gasteiger partial charge >= 0.3 is 0 Å². The lowest BCUT2D eigenvalue weighted by molar-refractivity contribution is -0.133. The van der Waals surface area contributed by atoms with Gasteiger partial charge in [0, 0.05) is 43.9 Å². The fraction of sp³-hybridized carbons (Fsp3) is 0.600. The number of carbonyl (C=O) groups excluding carboxylic acids is 1. The zero-order valence-electron chi connectivity index (χ0n) is 16.5. The fourth-order valence-corrected chi connectivity index (χ4v) is 4.87. The average Bonchev–Trinajstić information content (AvgIpc) is 3.10. The molecular formula is C20H28N6O. The highest BCUT2D eigenvalue weighted by atomic mass is 16.2. The van der Waals surface area contributed by atoms with Crippen molar-refractivity contribution in [3.63, 3.8) is 0 Å². The Bertz CT molecular complexity index is 885. The van der Waals surface area contributed by atoms with Gasteiger partial charge < -0.3 is 10.6 Å². The van der Waals surface area contributed by atoms with Crippen LogP contribution in [0.25, 0.3) is 0 Å². The maximum atomic E-state index is 13.0. The number of hydrogen-bond acceptors (Lipinski definition) is 5. The van der Waals surface area contributed by atoms with Crippen LogP contribution in [0.4, 0.5) is 5.95 Å². The molecule has 2 aromatic rings. The van der Waals surface area contributed by atoms with E-state index in [1.807, 2.05) is 29.7 Å². The molecule has 27 heavy (non-hydrogen) atoms. The van der Waals surface area contributed by atoms with Crippen LogP contribution in [0.5, 0.6) is 0 Å². The molecule has 7 nitrogen and oxygen atoms in total. The number of piperidine rings is 1. The summed E-state index contributed by atoms with van der Waals surface area (Å²) < 4.78 is 1.89. The van der Waals surface area contributed by atoms with E-state index in [0.717, 1.165) is 62.3 Å². The molecule has 1 aliphatic heterocycles. The highest BCUT2D eigenvalue weighted by Gasteiger charge is 2.44. The molecule has 1 fully saturated rings. The monoisotopic (exact) mass is 368 g/mol. The number of fused-ring (bicyclic) bond motifs is 2. The highest BCUT2D eigenvalue weighted by molar-refractivity contribution is 5.77. The van der Waals surface area contributed by atoms with E-state index in [9.17, 15) is 4.79 Å². The van der Waals surface area contributed by atoms with Gasteiger partial charge in [-0.1, -0.05) is 0 Å². The third kappa shape index (κ3) is 3.09. The summed E-state index contributed by atoms with van der Waals surface area (Å²) in [4.78, 5) is 23.7. The second kappa shape index (κ2) is 6.62. The molecule has 1 saturated heterocycles. The number of likely N-dealkylation sites (tertiary alicyclic amines) is 1. The maximum absolute atomic E-state index is 13.0. The molecular weight excluding hydrogens is 340 g/mol. The number of amides is 1. The van der Waals surface area contributed by atoms with Crippen LogP contribution in [0, 0.1) is 13.8 Å². The number of aryl methyl sites for hydroxylation is 3. The number of nitrogens with zero attached hydrogens (tertiary/aromatic N) is 5. The molecule has 0 radical (unpaired) electrons. The van der Waals surface area contributed by atoms with Gasteiger partial charge in [0.25, 0.3) is 0 Å². The zero-order valence-corrected chi connectivity index (χ0v) is 16.5. The first-order valence-corrected chi connectivity index (χ1v) is 9.78. The minimum absolute atomic E-state index is 0.0412. The van der Waals surface area contributed by atoms with E-state index in [0.29, 0.717) is 12.4 Å². The van der Waals surface area contributed by atoms with Crippen LogP contribution in [-0.2, 0) is 30.1 Å². The Hall–Kier alpha value is -2.44. The van der Waals surface area contributed by atoms with Gasteiger partial charge in [-0.05, 0) is 57.1 Å². The van der Waals surface area contributed by atoms with Crippen molar-refractivity contribution >= 4 is 11.9 Å². The lowest BCUT2D eigenvalue weighted by Gasteiger charge is -2.40. The van der Waals surface area contributed by atoms with Crippen molar-refractivity contribution in [1.82, 2.24) is 24.6 Å². The first-order chi connectivity index (χ1) is 12.9. The van der Waals surface area contributed by atoms with E-state index in [-0.39, 0.29) is 11.3 Å². The van der Waals surface area contributed by atoms with Crippen LogP contribution >= 0.6 is 0 Å². The third-order valence-corrected chi connectivity index (χ3v) is 6.44. The van der Waals surface area contributed by atoms with E-state index >= 15 is 0 Å². The third-order valence-electron chi connectivity index (χ3n) is 6.44. The van der Waals surface area contributed by atoms with Crippen molar-refractivity contribution in [3.8, 4) is 0 Å². The Balaban J connectivity index is 1.48. The van der Waals surface area contributed by atoms with E-state index in [4.69, 9.17) is 5.73 Å². The van der Waals surface area contributed by atoms with Crippen LogP contribution < -0.4 is 5.73 Å². The quantitative estimate of drug-likeness (QED) is 0.893. The predicted molar refractivity (Wildman–Crippen MR) is 103 cm³/mol. The van der Waals surface area contributed by atoms with Crippen molar-refractivity contribution < 1.29 is 4.79 Å². The van der Waals surface area contributed by atoms with Gasteiger partial charge in [-0.15, -0.1) is 0 Å². The van der Waals surface area contributed by atoms with Gasteiger partial charge in [0.1, 0.15) is 0 Å². The molecule has 0 bridgehead atoms. The standard InChI is InChI=1S/C20H28N6O/c1-13-16(14(2)25(3)24-13)5-6-17(27)26-10-4-8-20(12-26)9-7-15-11-22-19(21)23-18(15)20/h11H,4-10,12H2,1-3H3,(H2,21,22,23). The molecule has 0 saturated carbocycles. The van der Waals surface area contributed by atoms with E-state index < -0.39 is 0 Å². The minimum atomic E-state index is -0.0412. The minimum Gasteiger partial charge on any atom is -0.368 e. The van der Waals surface area contributed by atoms with E-state index in [1.165, 1.54) is 11.1 Å². The van der Waals surface area contributed by atoms with Crippen LogP contribution in [0.1, 0.15) is 53.9 Å². The molecule has 1 atom stereocenters. The number of hydrogen-bond donors (Lipinski definition) is 1. The lowest BCUT2D eigenvalue weighted by Crippen LogP contribution is -2.48. The normalized spacial score (nSPS) is 21.7. The lowest BCUT2D eigenvalue weighted by atomic mass is 9.77. The Kier molecular flexibility index (Phi) is 4.40. The number of nitrogen functional groups attached to an aromatic ring is 1. The Morgan fingerprint density at radius 2 is 2.15 bits per heavy atom. The Morgan fingerprint density at radius 1 is 1.33 bits per heavy atom. The van der Waals surface area contributed by atoms with Gasteiger partial charge in [-0.3, -0.25) is 9.48 Å². The number of carbonyl (C=O) groups is 1. The molecule has 2 N–H and O–H groups in total. The summed E-state index contributed by atoms with van der Waals surface area (Å²) in [6.45, 7) is 5.67. The largest absolute Gasteiger partial charge is 0.368 e. The molecule has 1 spiro atoms. The van der Waals surface area contributed by atoms with E-state index in [1.54, 1.807) is 0 Å². The van der Waals surface area contributed by atoms with Crippen LogP contribution in [0.2, 0.25) is 0 Å². The topological polar surface area (TPSA) is 89.9 Å². The molecule has 4 rings (SSSR count). The molecule has 0 aromatic carbocycles.